The van der Waals surface area contributed by atoms with Gasteiger partial charge < -0.3 is 4.57 Å². The van der Waals surface area contributed by atoms with E-state index in [1.807, 2.05) is 0 Å². The molecule has 0 atom stereocenters. The highest BCUT2D eigenvalue weighted by Crippen LogP contribution is 2.41. The van der Waals surface area contributed by atoms with Crippen LogP contribution in [-0.2, 0) is 0 Å². The van der Waals surface area contributed by atoms with Crippen LogP contribution in [0.25, 0.3) is 94.8 Å². The molecular formula is C52H35N3. The molecule has 0 aliphatic heterocycles. The summed E-state index contributed by atoms with van der Waals surface area (Å²) in [5.41, 5.74) is 16.1. The van der Waals surface area contributed by atoms with E-state index in [9.17, 15) is 0 Å². The van der Waals surface area contributed by atoms with Crippen LogP contribution in [0.15, 0.2) is 212 Å². The van der Waals surface area contributed by atoms with E-state index in [-0.39, 0.29) is 0 Å². The number of para-hydroxylation sites is 2. The molecule has 55 heavy (non-hydrogen) atoms. The van der Waals surface area contributed by atoms with Gasteiger partial charge in [-0.25, -0.2) is 9.97 Å². The van der Waals surface area contributed by atoms with Crippen molar-refractivity contribution in [2.24, 2.45) is 0 Å². The molecule has 10 rings (SSSR count). The first-order valence-corrected chi connectivity index (χ1v) is 18.7. The highest BCUT2D eigenvalue weighted by molar-refractivity contribution is 6.12. The van der Waals surface area contributed by atoms with Crippen molar-refractivity contribution in [3.8, 4) is 72.8 Å². The smallest absolute Gasteiger partial charge is 0.160 e. The van der Waals surface area contributed by atoms with Gasteiger partial charge in [0.25, 0.3) is 0 Å². The van der Waals surface area contributed by atoms with E-state index in [4.69, 9.17) is 9.97 Å². The molecule has 0 fully saturated rings. The topological polar surface area (TPSA) is 30.7 Å². The summed E-state index contributed by atoms with van der Waals surface area (Å²) in [5, 5.41) is 1.08. The van der Waals surface area contributed by atoms with Crippen LogP contribution >= 0.6 is 0 Å². The predicted octanol–water partition coefficient (Wildman–Crippen LogP) is 13.6. The largest absolute Gasteiger partial charge is 0.306 e. The van der Waals surface area contributed by atoms with E-state index in [1.54, 1.807) is 0 Å². The first kappa shape index (κ1) is 32.3. The molecule has 2 aromatic heterocycles. The van der Waals surface area contributed by atoms with Gasteiger partial charge in [-0.3, -0.25) is 0 Å². The van der Waals surface area contributed by atoms with Gasteiger partial charge in [-0.05, 0) is 93.0 Å². The molecule has 0 radical (unpaired) electrons. The quantitative estimate of drug-likeness (QED) is 0.166. The van der Waals surface area contributed by atoms with E-state index in [0.29, 0.717) is 5.82 Å². The average molecular weight is 702 g/mol. The van der Waals surface area contributed by atoms with Gasteiger partial charge in [0.2, 0.25) is 0 Å². The molecule has 10 aromatic rings. The fourth-order valence-electron chi connectivity index (χ4n) is 7.73. The zero-order chi connectivity index (χ0) is 36.6. The van der Waals surface area contributed by atoms with Crippen LogP contribution in [-0.4, -0.2) is 14.5 Å². The minimum absolute atomic E-state index is 0.686. The molecule has 3 nitrogen and oxygen atoms in total. The average Bonchev–Trinajstić information content (AvgIpc) is 3.61. The molecule has 0 saturated carbocycles. The van der Waals surface area contributed by atoms with Crippen molar-refractivity contribution in [3.63, 3.8) is 0 Å². The second-order valence-corrected chi connectivity index (χ2v) is 13.8. The Bertz CT molecular complexity index is 2890. The Balaban J connectivity index is 1.24. The minimum atomic E-state index is 0.686. The summed E-state index contributed by atoms with van der Waals surface area (Å²) >= 11 is 0. The summed E-state index contributed by atoms with van der Waals surface area (Å²) in [6.07, 6.45) is 0. The van der Waals surface area contributed by atoms with Crippen LogP contribution in [0, 0.1) is 0 Å². The van der Waals surface area contributed by atoms with E-state index in [2.05, 4.69) is 217 Å². The van der Waals surface area contributed by atoms with Crippen LogP contribution in [0.1, 0.15) is 0 Å². The summed E-state index contributed by atoms with van der Waals surface area (Å²) in [7, 11) is 0. The molecule has 0 aliphatic rings. The van der Waals surface area contributed by atoms with Crippen LogP contribution in [0.2, 0.25) is 0 Å². The zero-order valence-corrected chi connectivity index (χ0v) is 30.0. The van der Waals surface area contributed by atoms with Crippen LogP contribution < -0.4 is 0 Å². The number of aromatic nitrogens is 3. The van der Waals surface area contributed by atoms with Gasteiger partial charge in [0.1, 0.15) is 5.52 Å². The highest BCUT2D eigenvalue weighted by atomic mass is 15.0. The lowest BCUT2D eigenvalue weighted by atomic mass is 9.94. The maximum atomic E-state index is 5.56. The summed E-state index contributed by atoms with van der Waals surface area (Å²) in [6.45, 7) is 0. The Labute approximate surface area is 320 Å². The van der Waals surface area contributed by atoms with Gasteiger partial charge >= 0.3 is 0 Å². The first-order chi connectivity index (χ1) is 27.3. The molecule has 0 N–H and O–H groups in total. The summed E-state index contributed by atoms with van der Waals surface area (Å²) in [4.78, 5) is 11.0. The Morgan fingerprint density at radius 3 is 1.33 bits per heavy atom. The molecule has 0 amide bonds. The SMILES string of the molecule is c1ccc(-c2cccc(-c3cccc(-c4nc(-c5cc(-c6ccccc6)cc(-c6ccccc6)c5)c5c(n4)c4ccccc4n5-c4ccccc4)c3)c2)cc1. The van der Waals surface area contributed by atoms with Crippen molar-refractivity contribution < 1.29 is 0 Å². The lowest BCUT2D eigenvalue weighted by Gasteiger charge is -2.15. The van der Waals surface area contributed by atoms with Crippen LogP contribution in [0.5, 0.6) is 0 Å². The van der Waals surface area contributed by atoms with Gasteiger partial charge in [0.15, 0.2) is 5.82 Å². The van der Waals surface area contributed by atoms with Crippen molar-refractivity contribution in [1.29, 1.82) is 0 Å². The highest BCUT2D eigenvalue weighted by Gasteiger charge is 2.22. The molecule has 8 aromatic carbocycles. The van der Waals surface area contributed by atoms with Crippen molar-refractivity contribution in [2.75, 3.05) is 0 Å². The normalized spacial score (nSPS) is 11.3. The standard InChI is InChI=1S/C52H35N3/c1-5-17-36(18-6-1)39-23-15-24-40(31-39)41-25-16-26-42(32-41)52-53-49(51-50(54-52)47-29-13-14-30-48(47)55(51)46-27-11-4-12-28-46)45-34-43(37-19-7-2-8-20-37)33-44(35-45)38-21-9-3-10-22-38/h1-35H. The maximum absolute atomic E-state index is 5.56. The molecule has 0 bridgehead atoms. The number of benzene rings is 8. The van der Waals surface area contributed by atoms with Crippen LogP contribution in [0.4, 0.5) is 0 Å². The third-order valence-corrected chi connectivity index (χ3v) is 10.4. The van der Waals surface area contributed by atoms with Crippen molar-refractivity contribution in [1.82, 2.24) is 14.5 Å². The number of hydrogen-bond donors (Lipinski definition) is 0. The minimum Gasteiger partial charge on any atom is -0.306 e. The number of rotatable bonds is 7. The molecule has 0 spiro atoms. The third kappa shape index (κ3) is 6.08. The Morgan fingerprint density at radius 1 is 0.309 bits per heavy atom. The lowest BCUT2D eigenvalue weighted by molar-refractivity contribution is 1.15. The molecule has 258 valence electrons. The van der Waals surface area contributed by atoms with Gasteiger partial charge in [-0.1, -0.05) is 164 Å². The van der Waals surface area contributed by atoms with Crippen molar-refractivity contribution in [2.45, 2.75) is 0 Å². The second kappa shape index (κ2) is 13.9. The molecule has 2 heterocycles. The maximum Gasteiger partial charge on any atom is 0.160 e. The fraction of sp³-hybridized carbons (Fsp3) is 0. The first-order valence-electron chi connectivity index (χ1n) is 18.7. The predicted molar refractivity (Wildman–Crippen MR) is 229 cm³/mol. The molecular weight excluding hydrogens is 667 g/mol. The molecule has 3 heteroatoms. The monoisotopic (exact) mass is 701 g/mol. The Kier molecular flexibility index (Phi) is 8.16. The molecule has 0 saturated heterocycles. The van der Waals surface area contributed by atoms with Gasteiger partial charge in [-0.15, -0.1) is 0 Å². The molecule has 0 unspecified atom stereocenters. The zero-order valence-electron chi connectivity index (χ0n) is 30.0. The lowest BCUT2D eigenvalue weighted by Crippen LogP contribution is -2.00. The Morgan fingerprint density at radius 2 is 0.727 bits per heavy atom. The Hall–Kier alpha value is -7.36. The van der Waals surface area contributed by atoms with Gasteiger partial charge in [-0.2, -0.15) is 0 Å². The van der Waals surface area contributed by atoms with Crippen molar-refractivity contribution in [3.05, 3.63) is 212 Å². The van der Waals surface area contributed by atoms with Crippen molar-refractivity contribution >= 4 is 21.9 Å². The fourth-order valence-corrected chi connectivity index (χ4v) is 7.73. The summed E-state index contributed by atoms with van der Waals surface area (Å²) < 4.78 is 2.33. The number of fused-ring (bicyclic) bond motifs is 3. The number of hydrogen-bond acceptors (Lipinski definition) is 2. The van der Waals surface area contributed by atoms with Gasteiger partial charge in [0.05, 0.1) is 16.7 Å². The number of nitrogens with zero attached hydrogens (tertiary/aromatic N) is 3. The van der Waals surface area contributed by atoms with Crippen LogP contribution in [0.3, 0.4) is 0 Å². The summed E-state index contributed by atoms with van der Waals surface area (Å²) in [6, 6.07) is 75.1. The van der Waals surface area contributed by atoms with E-state index in [0.717, 1.165) is 77.8 Å². The molecule has 0 aliphatic carbocycles. The van der Waals surface area contributed by atoms with Gasteiger partial charge in [0, 0.05) is 22.2 Å². The summed E-state index contributed by atoms with van der Waals surface area (Å²) in [5.74, 6) is 0.686. The van der Waals surface area contributed by atoms with E-state index < -0.39 is 0 Å². The van der Waals surface area contributed by atoms with E-state index >= 15 is 0 Å². The third-order valence-electron chi connectivity index (χ3n) is 10.4. The van der Waals surface area contributed by atoms with E-state index in [1.165, 1.54) is 11.1 Å². The second-order valence-electron chi connectivity index (χ2n) is 13.8.